The fraction of sp³-hybridized carbons (Fsp3) is 0.306. The average molecular weight is 754 g/mol. The first-order valence-electron chi connectivity index (χ1n) is 16.0. The molecule has 6 rings (SSSR count). The van der Waals surface area contributed by atoms with Gasteiger partial charge in [0, 0.05) is 48.6 Å². The Morgan fingerprint density at radius 2 is 1.64 bits per heavy atom. The standard InChI is InChI=1S/C36H28F9N3O5/c1-17-9-19-10-23(32(17)39)27(13-30(50)51)46-34(52)33(48-14-18(7-8-47-15-20(37)16-47)25(12-29(48)49)36(43,44)45)22-11-21(5-6-26(22)38)53-28-4-2-3-24(31(19)28)35(40,41)42/h2-6,9-12,14,20,27,33H,7-8,13,15-16H2,1H3,(H,46,52)(H,50,51)/t27-,33+/m1/s1. The summed E-state index contributed by atoms with van der Waals surface area (Å²) in [5, 5.41) is 12.0. The molecule has 280 valence electrons. The number of benzene rings is 3. The number of ether oxygens (including phenoxy) is 1. The largest absolute Gasteiger partial charge is 0.481 e. The molecule has 4 aromatic rings. The van der Waals surface area contributed by atoms with Crippen LogP contribution in [-0.4, -0.2) is 52.3 Å². The maximum atomic E-state index is 15.9. The minimum Gasteiger partial charge on any atom is -0.481 e. The molecule has 2 atom stereocenters. The number of rotatable bonds is 6. The molecule has 2 N–H and O–H groups in total. The quantitative estimate of drug-likeness (QED) is 0.200. The third-order valence-electron chi connectivity index (χ3n) is 9.07. The summed E-state index contributed by atoms with van der Waals surface area (Å²) < 4.78 is 137. The van der Waals surface area contributed by atoms with Crippen LogP contribution in [0.2, 0.25) is 0 Å². The number of pyridine rings is 1. The van der Waals surface area contributed by atoms with Crippen molar-refractivity contribution in [3.05, 3.63) is 116 Å². The highest BCUT2D eigenvalue weighted by Crippen LogP contribution is 2.45. The van der Waals surface area contributed by atoms with E-state index in [0.29, 0.717) is 10.8 Å². The summed E-state index contributed by atoms with van der Waals surface area (Å²) in [5.74, 6) is -6.13. The predicted molar refractivity (Wildman–Crippen MR) is 170 cm³/mol. The van der Waals surface area contributed by atoms with Crippen LogP contribution >= 0.6 is 0 Å². The van der Waals surface area contributed by atoms with Crippen molar-refractivity contribution in [3.63, 3.8) is 0 Å². The first-order valence-corrected chi connectivity index (χ1v) is 16.0. The Morgan fingerprint density at radius 1 is 0.943 bits per heavy atom. The zero-order valence-electron chi connectivity index (χ0n) is 27.4. The van der Waals surface area contributed by atoms with Gasteiger partial charge in [-0.15, -0.1) is 0 Å². The van der Waals surface area contributed by atoms with Crippen molar-refractivity contribution in [2.75, 3.05) is 19.6 Å². The molecule has 0 aliphatic carbocycles. The summed E-state index contributed by atoms with van der Waals surface area (Å²) in [4.78, 5) is 41.3. The molecule has 8 nitrogen and oxygen atoms in total. The highest BCUT2D eigenvalue weighted by Gasteiger charge is 2.39. The van der Waals surface area contributed by atoms with E-state index in [0.717, 1.165) is 48.5 Å². The molecule has 0 spiro atoms. The van der Waals surface area contributed by atoms with Crippen molar-refractivity contribution in [2.24, 2.45) is 0 Å². The Morgan fingerprint density at radius 3 is 2.28 bits per heavy atom. The number of carboxylic acids is 1. The lowest BCUT2D eigenvalue weighted by Crippen LogP contribution is -2.49. The van der Waals surface area contributed by atoms with Gasteiger partial charge in [0.25, 0.3) is 5.56 Å². The van der Waals surface area contributed by atoms with E-state index in [1.807, 2.05) is 0 Å². The van der Waals surface area contributed by atoms with E-state index >= 15 is 8.78 Å². The minimum atomic E-state index is -5.06. The van der Waals surface area contributed by atoms with E-state index in [1.54, 1.807) is 0 Å². The minimum absolute atomic E-state index is 0.0418. The number of carbonyl (C=O) groups excluding carboxylic acids is 1. The van der Waals surface area contributed by atoms with Crippen molar-refractivity contribution in [1.29, 1.82) is 0 Å². The second-order valence-corrected chi connectivity index (χ2v) is 12.8. The number of amides is 1. The second-order valence-electron chi connectivity index (χ2n) is 12.8. The molecule has 1 fully saturated rings. The molecule has 0 radical (unpaired) electrons. The predicted octanol–water partition coefficient (Wildman–Crippen LogP) is 7.36. The molecule has 0 unspecified atom stereocenters. The summed E-state index contributed by atoms with van der Waals surface area (Å²) >= 11 is 0. The van der Waals surface area contributed by atoms with Crippen molar-refractivity contribution in [1.82, 2.24) is 14.8 Å². The lowest BCUT2D eigenvalue weighted by atomic mass is 9.91. The molecule has 1 aromatic heterocycles. The monoisotopic (exact) mass is 753 g/mol. The summed E-state index contributed by atoms with van der Waals surface area (Å²) in [5.41, 5.74) is -7.00. The second kappa shape index (κ2) is 13.9. The number of nitrogens with zero attached hydrogens (tertiary/aromatic N) is 2. The van der Waals surface area contributed by atoms with E-state index in [-0.39, 0.29) is 49.0 Å². The smallest absolute Gasteiger partial charge is 0.417 e. The van der Waals surface area contributed by atoms with Crippen LogP contribution in [0.1, 0.15) is 51.9 Å². The van der Waals surface area contributed by atoms with Crippen molar-refractivity contribution < 1.29 is 58.9 Å². The molecule has 53 heavy (non-hydrogen) atoms. The SMILES string of the molecule is Cc1cc2cc(c1F)[C@@H](CC(=O)O)NC(=O)[C@@H](n1cc(CCN3CC(F)C3)c(C(F)(F)F)cc1=O)c1cc(ccc1F)Oc1cccc(C(F)(F)F)c1-2. The molecule has 1 saturated heterocycles. The number of aromatic nitrogens is 1. The number of aliphatic carboxylic acids is 1. The number of alkyl halides is 7. The van der Waals surface area contributed by atoms with Crippen LogP contribution in [0.15, 0.2) is 65.6 Å². The number of aryl methyl sites for hydroxylation is 1. The van der Waals surface area contributed by atoms with Crippen molar-refractivity contribution >= 4 is 11.9 Å². The molecule has 0 saturated carbocycles. The number of carboxylic acid groups (broad SMARTS) is 1. The van der Waals surface area contributed by atoms with Crippen LogP contribution in [0.5, 0.6) is 11.5 Å². The van der Waals surface area contributed by atoms with E-state index in [4.69, 9.17) is 4.74 Å². The highest BCUT2D eigenvalue weighted by atomic mass is 19.4. The maximum Gasteiger partial charge on any atom is 0.417 e. The number of hydrogen-bond donors (Lipinski definition) is 2. The summed E-state index contributed by atoms with van der Waals surface area (Å²) in [6.45, 7) is 1.03. The summed E-state index contributed by atoms with van der Waals surface area (Å²) in [6.07, 6.45) is -12.0. The van der Waals surface area contributed by atoms with Crippen LogP contribution in [0, 0.1) is 18.6 Å². The molecule has 2 aliphatic heterocycles. The van der Waals surface area contributed by atoms with Gasteiger partial charge in [0.15, 0.2) is 0 Å². The zero-order valence-corrected chi connectivity index (χ0v) is 27.4. The highest BCUT2D eigenvalue weighted by molar-refractivity contribution is 5.85. The molecular weight excluding hydrogens is 725 g/mol. The Labute approximate surface area is 294 Å². The first-order chi connectivity index (χ1) is 24.8. The lowest BCUT2D eigenvalue weighted by Gasteiger charge is -2.34. The van der Waals surface area contributed by atoms with Gasteiger partial charge in [-0.1, -0.05) is 6.07 Å². The molecule has 3 heterocycles. The van der Waals surface area contributed by atoms with Crippen LogP contribution in [0.4, 0.5) is 39.5 Å². The topological polar surface area (TPSA) is 101 Å². The van der Waals surface area contributed by atoms with Gasteiger partial charge < -0.3 is 15.2 Å². The van der Waals surface area contributed by atoms with Crippen LogP contribution in [0.3, 0.4) is 0 Å². The molecule has 17 heteroatoms. The van der Waals surface area contributed by atoms with Crippen molar-refractivity contribution in [3.8, 4) is 22.6 Å². The normalized spacial score (nSPS) is 18.1. The van der Waals surface area contributed by atoms with E-state index < -0.39 is 105 Å². The van der Waals surface area contributed by atoms with Gasteiger partial charge in [-0.25, -0.2) is 13.2 Å². The van der Waals surface area contributed by atoms with Gasteiger partial charge in [0.1, 0.15) is 35.3 Å². The first kappa shape index (κ1) is 37.4. The van der Waals surface area contributed by atoms with E-state index in [9.17, 15) is 50.2 Å². The molecule has 2 aliphatic rings. The molecule has 4 bridgehead atoms. The average Bonchev–Trinajstić information content (AvgIpc) is 3.04. The van der Waals surface area contributed by atoms with Crippen molar-refractivity contribution in [2.45, 2.75) is 50.4 Å². The van der Waals surface area contributed by atoms with Gasteiger partial charge in [-0.05, 0) is 72.5 Å². The number of halogens is 9. The third kappa shape index (κ3) is 7.61. The van der Waals surface area contributed by atoms with Crippen LogP contribution < -0.4 is 15.6 Å². The number of nitrogens with one attached hydrogen (secondary N) is 1. The summed E-state index contributed by atoms with van der Waals surface area (Å²) in [7, 11) is 0. The Hall–Kier alpha value is -5.32. The van der Waals surface area contributed by atoms with Gasteiger partial charge in [-0.2, -0.15) is 26.3 Å². The van der Waals surface area contributed by atoms with E-state index in [2.05, 4.69) is 5.32 Å². The van der Waals surface area contributed by atoms with E-state index in [1.165, 1.54) is 11.8 Å². The summed E-state index contributed by atoms with van der Waals surface area (Å²) in [6, 6.07) is 3.60. The number of hydrogen-bond acceptors (Lipinski definition) is 5. The fourth-order valence-electron chi connectivity index (χ4n) is 6.57. The van der Waals surface area contributed by atoms with Gasteiger partial charge in [0.05, 0.1) is 23.6 Å². The van der Waals surface area contributed by atoms with Gasteiger partial charge >= 0.3 is 18.3 Å². The number of likely N-dealkylation sites (tertiary alicyclic amines) is 1. The lowest BCUT2D eigenvalue weighted by molar-refractivity contribution is -0.139. The number of fused-ring (bicyclic) bond motifs is 6. The van der Waals surface area contributed by atoms with Crippen LogP contribution in [0.25, 0.3) is 11.1 Å². The zero-order chi connectivity index (χ0) is 38.6. The molecular formula is C36H28F9N3O5. The third-order valence-corrected chi connectivity index (χ3v) is 9.07. The Kier molecular flexibility index (Phi) is 9.83. The molecule has 3 aromatic carbocycles. The van der Waals surface area contributed by atoms with Gasteiger partial charge in [-0.3, -0.25) is 23.9 Å². The molecule has 1 amide bonds. The maximum absolute atomic E-state index is 15.9. The number of carbonyl (C=O) groups is 2. The Bertz CT molecular complexity index is 2160. The van der Waals surface area contributed by atoms with Crippen LogP contribution in [-0.2, 0) is 28.4 Å². The Balaban J connectivity index is 1.61. The fourth-order valence-corrected chi connectivity index (χ4v) is 6.57. The van der Waals surface area contributed by atoms with Gasteiger partial charge in [0.2, 0.25) is 5.91 Å².